The number of esters is 1. The van der Waals surface area contributed by atoms with Gasteiger partial charge in [-0.05, 0) is 26.2 Å². The van der Waals surface area contributed by atoms with Crippen LogP contribution in [0.1, 0.15) is 52.4 Å². The van der Waals surface area contributed by atoms with Crippen LogP contribution in [-0.4, -0.2) is 50.1 Å². The van der Waals surface area contributed by atoms with Gasteiger partial charge < -0.3 is 15.0 Å². The van der Waals surface area contributed by atoms with Gasteiger partial charge in [0.25, 0.3) is 0 Å². The van der Waals surface area contributed by atoms with Crippen molar-refractivity contribution in [1.29, 1.82) is 0 Å². The summed E-state index contributed by atoms with van der Waals surface area (Å²) in [5.41, 5.74) is 0. The van der Waals surface area contributed by atoms with Crippen LogP contribution in [0.2, 0.25) is 0 Å². The summed E-state index contributed by atoms with van der Waals surface area (Å²) < 4.78 is 5.14. The van der Waals surface area contributed by atoms with Crippen LogP contribution in [0.3, 0.4) is 0 Å². The quantitative estimate of drug-likeness (QED) is 0.339. The average Bonchev–Trinajstić information content (AvgIpc) is 2.51. The molecule has 1 aliphatic rings. The van der Waals surface area contributed by atoms with E-state index in [0.717, 1.165) is 31.9 Å². The Hall–Kier alpha value is -1.26. The molecule has 0 aromatic heterocycles. The van der Waals surface area contributed by atoms with Gasteiger partial charge in [-0.1, -0.05) is 26.2 Å². The lowest BCUT2D eigenvalue weighted by atomic mass is 9.98. The van der Waals surface area contributed by atoms with E-state index in [2.05, 4.69) is 22.1 Å². The number of piperidine rings is 1. The molecule has 0 saturated carbocycles. The van der Waals surface area contributed by atoms with Crippen molar-refractivity contribution < 1.29 is 9.53 Å². The standard InChI is InChI=1S/C16H31N3O2/c1-4-6-7-8-11-18-16(17-3)19-12-9-10-14(13-19)15(20)21-5-2/h14H,4-13H2,1-3H3,(H,17,18). The minimum absolute atomic E-state index is 0.0164. The maximum absolute atomic E-state index is 11.9. The fraction of sp³-hybridized carbons (Fsp3) is 0.875. The Kier molecular flexibility index (Phi) is 8.87. The van der Waals surface area contributed by atoms with Crippen molar-refractivity contribution >= 4 is 11.9 Å². The van der Waals surface area contributed by atoms with Crippen molar-refractivity contribution in [2.75, 3.05) is 33.3 Å². The molecule has 1 atom stereocenters. The zero-order valence-corrected chi connectivity index (χ0v) is 13.9. The van der Waals surface area contributed by atoms with Gasteiger partial charge in [0.05, 0.1) is 12.5 Å². The van der Waals surface area contributed by atoms with Crippen molar-refractivity contribution in [2.24, 2.45) is 10.9 Å². The smallest absolute Gasteiger partial charge is 0.310 e. The number of carbonyl (C=O) groups excluding carboxylic acids is 1. The highest BCUT2D eigenvalue weighted by molar-refractivity contribution is 5.81. The van der Waals surface area contributed by atoms with Crippen LogP contribution in [0.5, 0.6) is 0 Å². The molecule has 1 N–H and O–H groups in total. The van der Waals surface area contributed by atoms with E-state index in [1.807, 2.05) is 14.0 Å². The lowest BCUT2D eigenvalue weighted by Gasteiger charge is -2.33. The third kappa shape index (κ3) is 6.36. The summed E-state index contributed by atoms with van der Waals surface area (Å²) in [5, 5.41) is 3.41. The molecule has 0 aliphatic carbocycles. The topological polar surface area (TPSA) is 53.9 Å². The first kappa shape index (κ1) is 17.8. The molecule has 1 unspecified atom stereocenters. The second kappa shape index (κ2) is 10.5. The van der Waals surface area contributed by atoms with Crippen molar-refractivity contribution in [3.8, 4) is 0 Å². The van der Waals surface area contributed by atoms with Crippen molar-refractivity contribution in [2.45, 2.75) is 52.4 Å². The molecular weight excluding hydrogens is 266 g/mol. The van der Waals surface area contributed by atoms with Crippen LogP contribution in [-0.2, 0) is 9.53 Å². The normalized spacial score (nSPS) is 19.5. The van der Waals surface area contributed by atoms with E-state index in [4.69, 9.17) is 4.74 Å². The zero-order chi connectivity index (χ0) is 15.5. The van der Waals surface area contributed by atoms with Gasteiger partial charge in [0.15, 0.2) is 5.96 Å². The second-order valence-electron chi connectivity index (χ2n) is 5.57. The number of ether oxygens (including phenoxy) is 1. The summed E-state index contributed by atoms with van der Waals surface area (Å²) in [4.78, 5) is 18.4. The molecule has 122 valence electrons. The van der Waals surface area contributed by atoms with E-state index >= 15 is 0 Å². The Bertz CT molecular complexity index is 331. The highest BCUT2D eigenvalue weighted by Crippen LogP contribution is 2.18. The van der Waals surface area contributed by atoms with Gasteiger partial charge in [0.1, 0.15) is 0 Å². The van der Waals surface area contributed by atoms with Crippen LogP contribution in [0.15, 0.2) is 4.99 Å². The Morgan fingerprint density at radius 2 is 2.14 bits per heavy atom. The molecule has 0 spiro atoms. The van der Waals surface area contributed by atoms with Gasteiger partial charge in [-0.2, -0.15) is 0 Å². The largest absolute Gasteiger partial charge is 0.466 e. The Morgan fingerprint density at radius 3 is 2.81 bits per heavy atom. The van der Waals surface area contributed by atoms with Crippen molar-refractivity contribution in [1.82, 2.24) is 10.2 Å². The molecule has 0 aromatic carbocycles. The number of guanidine groups is 1. The van der Waals surface area contributed by atoms with Crippen LogP contribution in [0.4, 0.5) is 0 Å². The molecule has 1 rings (SSSR count). The molecular formula is C16H31N3O2. The number of nitrogens with zero attached hydrogens (tertiary/aromatic N) is 2. The van der Waals surface area contributed by atoms with Crippen LogP contribution in [0.25, 0.3) is 0 Å². The van der Waals surface area contributed by atoms with Crippen molar-refractivity contribution in [3.63, 3.8) is 0 Å². The average molecular weight is 297 g/mol. The molecule has 1 fully saturated rings. The lowest BCUT2D eigenvalue weighted by Crippen LogP contribution is -2.48. The molecule has 5 nitrogen and oxygen atoms in total. The Morgan fingerprint density at radius 1 is 1.33 bits per heavy atom. The van der Waals surface area contributed by atoms with Gasteiger partial charge >= 0.3 is 5.97 Å². The van der Waals surface area contributed by atoms with Crippen molar-refractivity contribution in [3.05, 3.63) is 0 Å². The number of unbranched alkanes of at least 4 members (excludes halogenated alkanes) is 3. The number of rotatable bonds is 7. The first-order valence-corrected chi connectivity index (χ1v) is 8.35. The highest BCUT2D eigenvalue weighted by atomic mass is 16.5. The maximum atomic E-state index is 11.9. The van der Waals surface area contributed by atoms with E-state index in [0.29, 0.717) is 13.2 Å². The third-order valence-corrected chi connectivity index (χ3v) is 3.87. The predicted octanol–water partition coefficient (Wildman–Crippen LogP) is 2.42. The van der Waals surface area contributed by atoms with Gasteiger partial charge in [0, 0.05) is 26.7 Å². The second-order valence-corrected chi connectivity index (χ2v) is 5.57. The van der Waals surface area contributed by atoms with E-state index in [-0.39, 0.29) is 11.9 Å². The number of likely N-dealkylation sites (tertiary alicyclic amines) is 1. The van der Waals surface area contributed by atoms with E-state index in [9.17, 15) is 4.79 Å². The molecule has 0 radical (unpaired) electrons. The molecule has 1 saturated heterocycles. The monoisotopic (exact) mass is 297 g/mol. The van der Waals surface area contributed by atoms with Crippen LogP contribution >= 0.6 is 0 Å². The van der Waals surface area contributed by atoms with E-state index < -0.39 is 0 Å². The number of carbonyl (C=O) groups is 1. The fourth-order valence-electron chi connectivity index (χ4n) is 2.71. The zero-order valence-electron chi connectivity index (χ0n) is 13.9. The number of nitrogens with one attached hydrogen (secondary N) is 1. The lowest BCUT2D eigenvalue weighted by molar-refractivity contribution is -0.149. The molecule has 5 heteroatoms. The summed E-state index contributed by atoms with van der Waals surface area (Å²) in [7, 11) is 1.81. The minimum atomic E-state index is -0.0689. The van der Waals surface area contributed by atoms with Gasteiger partial charge in [-0.3, -0.25) is 9.79 Å². The minimum Gasteiger partial charge on any atom is -0.466 e. The SMILES string of the molecule is CCCCCCNC(=NC)N1CCCC(C(=O)OCC)C1. The molecule has 0 bridgehead atoms. The summed E-state index contributed by atoms with van der Waals surface area (Å²) >= 11 is 0. The molecule has 0 amide bonds. The van der Waals surface area contributed by atoms with Gasteiger partial charge in [-0.25, -0.2) is 0 Å². The number of hydrogen-bond acceptors (Lipinski definition) is 3. The number of aliphatic imine (C=N–C) groups is 1. The van der Waals surface area contributed by atoms with Gasteiger partial charge in [-0.15, -0.1) is 0 Å². The summed E-state index contributed by atoms with van der Waals surface area (Å²) in [5.74, 6) is 0.832. The van der Waals surface area contributed by atoms with Gasteiger partial charge in [0.2, 0.25) is 0 Å². The Labute approximate surface area is 129 Å². The van der Waals surface area contributed by atoms with E-state index in [1.54, 1.807) is 0 Å². The summed E-state index contributed by atoms with van der Waals surface area (Å²) in [6.07, 6.45) is 6.90. The molecule has 1 heterocycles. The first-order valence-electron chi connectivity index (χ1n) is 8.35. The molecule has 0 aromatic rings. The number of hydrogen-bond donors (Lipinski definition) is 1. The maximum Gasteiger partial charge on any atom is 0.310 e. The molecule has 21 heavy (non-hydrogen) atoms. The van der Waals surface area contributed by atoms with Crippen LogP contribution in [0, 0.1) is 5.92 Å². The Balaban J connectivity index is 2.39. The van der Waals surface area contributed by atoms with Crippen LogP contribution < -0.4 is 5.32 Å². The first-order chi connectivity index (χ1) is 10.2. The summed E-state index contributed by atoms with van der Waals surface area (Å²) in [6, 6.07) is 0. The third-order valence-electron chi connectivity index (χ3n) is 3.87. The fourth-order valence-corrected chi connectivity index (χ4v) is 2.71. The summed E-state index contributed by atoms with van der Waals surface area (Å²) in [6.45, 7) is 7.16. The molecule has 1 aliphatic heterocycles. The predicted molar refractivity (Wildman–Crippen MR) is 86.4 cm³/mol. The highest BCUT2D eigenvalue weighted by Gasteiger charge is 2.28. The van der Waals surface area contributed by atoms with E-state index in [1.165, 1.54) is 25.7 Å².